The lowest BCUT2D eigenvalue weighted by atomic mass is 9.95. The largest absolute Gasteiger partial charge is 0.872 e. The van der Waals surface area contributed by atoms with Crippen LogP contribution in [0.15, 0.2) is 48.0 Å². The van der Waals surface area contributed by atoms with E-state index in [-0.39, 0.29) is 11.1 Å². The number of nitrogens with zero attached hydrogens (tertiary/aromatic N) is 1. The van der Waals surface area contributed by atoms with Crippen LogP contribution in [0.25, 0.3) is 5.76 Å². The summed E-state index contributed by atoms with van der Waals surface area (Å²) in [7, 11) is 0. The molecule has 1 atom stereocenters. The molecule has 37 heavy (non-hydrogen) atoms. The van der Waals surface area contributed by atoms with E-state index in [1.807, 2.05) is 31.2 Å². The Morgan fingerprint density at radius 2 is 1.84 bits per heavy atom. The number of hydrogen-bond acceptors (Lipinski definition) is 7. The standard InChI is InChI=1S/C28H32N2O7/c1-2-12-35-21-5-3-4-19(17-21)25-24(26(31)20-6-7-22-23(18-20)37-16-15-36-22)27(32)28(33)30(25)9-8-29-10-13-34-14-11-29/h3-7,17-18,25,31H,2,8-16H2,1H3/b26-24+. The number of nitrogens with one attached hydrogen (secondary N) is 1. The number of morpholine rings is 1. The molecule has 2 saturated heterocycles. The average Bonchev–Trinajstić information content (AvgIpc) is 3.20. The maximum Gasteiger partial charge on any atom is 0.295 e. The first-order valence-electron chi connectivity index (χ1n) is 12.9. The van der Waals surface area contributed by atoms with Gasteiger partial charge in [0.05, 0.1) is 39.0 Å². The predicted octanol–water partition coefficient (Wildman–Crippen LogP) is 0.386. The third-order valence-corrected chi connectivity index (χ3v) is 6.89. The zero-order valence-corrected chi connectivity index (χ0v) is 21.0. The molecule has 0 radical (unpaired) electrons. The molecule has 0 aromatic heterocycles. The van der Waals surface area contributed by atoms with Gasteiger partial charge in [-0.25, -0.2) is 0 Å². The van der Waals surface area contributed by atoms with Crippen molar-refractivity contribution in [2.75, 3.05) is 59.2 Å². The second-order valence-electron chi connectivity index (χ2n) is 9.36. The summed E-state index contributed by atoms with van der Waals surface area (Å²) in [6.07, 6.45) is 0.846. The number of carbonyl (C=O) groups excluding carboxylic acids is 2. The van der Waals surface area contributed by atoms with Gasteiger partial charge in [-0.15, -0.1) is 0 Å². The lowest BCUT2D eigenvalue weighted by Gasteiger charge is -2.30. The van der Waals surface area contributed by atoms with Gasteiger partial charge in [-0.2, -0.15) is 0 Å². The molecule has 1 N–H and O–H groups in total. The van der Waals surface area contributed by atoms with Gasteiger partial charge in [0.1, 0.15) is 32.1 Å². The topological polar surface area (TPSA) is 102 Å². The molecular weight excluding hydrogens is 476 g/mol. The van der Waals surface area contributed by atoms with E-state index in [0.29, 0.717) is 68.9 Å². The molecule has 2 aromatic rings. The van der Waals surface area contributed by atoms with Crippen molar-refractivity contribution in [1.82, 2.24) is 4.90 Å². The number of benzene rings is 2. The molecule has 0 bridgehead atoms. The number of rotatable bonds is 8. The highest BCUT2D eigenvalue weighted by Gasteiger charge is 2.44. The summed E-state index contributed by atoms with van der Waals surface area (Å²) in [5.41, 5.74) is 0.904. The first kappa shape index (κ1) is 25.1. The van der Waals surface area contributed by atoms with Crippen LogP contribution in [0.2, 0.25) is 0 Å². The van der Waals surface area contributed by atoms with Crippen molar-refractivity contribution in [2.24, 2.45) is 0 Å². The van der Waals surface area contributed by atoms with Crippen LogP contribution in [0.4, 0.5) is 0 Å². The van der Waals surface area contributed by atoms with Crippen molar-refractivity contribution in [3.63, 3.8) is 0 Å². The number of Topliss-reactive ketones (excluding diaryl/α,β-unsaturated/α-hetero) is 1. The minimum Gasteiger partial charge on any atom is -0.872 e. The molecule has 3 aliphatic rings. The number of ether oxygens (including phenoxy) is 4. The van der Waals surface area contributed by atoms with Crippen LogP contribution in [0.5, 0.6) is 17.2 Å². The Bertz CT molecular complexity index is 1190. The van der Waals surface area contributed by atoms with Gasteiger partial charge in [0.25, 0.3) is 5.91 Å². The molecule has 3 aliphatic heterocycles. The summed E-state index contributed by atoms with van der Waals surface area (Å²) in [5.74, 6) is -0.263. The molecule has 2 aromatic carbocycles. The van der Waals surface area contributed by atoms with Gasteiger partial charge >= 0.3 is 0 Å². The van der Waals surface area contributed by atoms with Crippen molar-refractivity contribution in [1.29, 1.82) is 0 Å². The van der Waals surface area contributed by atoms with Crippen LogP contribution in [-0.2, 0) is 14.3 Å². The van der Waals surface area contributed by atoms with Crippen molar-refractivity contribution in [3.05, 3.63) is 59.2 Å². The van der Waals surface area contributed by atoms with Crippen LogP contribution >= 0.6 is 0 Å². The fourth-order valence-electron chi connectivity index (χ4n) is 4.97. The molecule has 1 unspecified atom stereocenters. The van der Waals surface area contributed by atoms with E-state index in [2.05, 4.69) is 0 Å². The van der Waals surface area contributed by atoms with Crippen molar-refractivity contribution in [3.8, 4) is 17.2 Å². The summed E-state index contributed by atoms with van der Waals surface area (Å²) >= 11 is 0. The van der Waals surface area contributed by atoms with E-state index >= 15 is 0 Å². The van der Waals surface area contributed by atoms with Crippen LogP contribution in [-0.4, -0.2) is 75.8 Å². The van der Waals surface area contributed by atoms with Gasteiger partial charge in [-0.3, -0.25) is 9.59 Å². The van der Waals surface area contributed by atoms with Gasteiger partial charge in [-0.05, 0) is 41.8 Å². The normalized spacial score (nSPS) is 21.3. The van der Waals surface area contributed by atoms with E-state index in [1.165, 1.54) is 9.80 Å². The number of amides is 1. The molecule has 2 fully saturated rings. The Labute approximate surface area is 216 Å². The number of quaternary nitrogens is 1. The van der Waals surface area contributed by atoms with E-state index in [0.717, 1.165) is 19.5 Å². The molecule has 9 nitrogen and oxygen atoms in total. The summed E-state index contributed by atoms with van der Waals surface area (Å²) in [4.78, 5) is 29.5. The molecule has 9 heteroatoms. The Balaban J connectivity index is 1.53. The van der Waals surface area contributed by atoms with Crippen LogP contribution in [0.3, 0.4) is 0 Å². The molecule has 0 spiro atoms. The Kier molecular flexibility index (Phi) is 7.62. The molecule has 3 heterocycles. The SMILES string of the molecule is CCCOc1cccc(C2/C(=C(\[O-])c3ccc4c(c3)OCCO4)C(=O)C(=O)N2CC[NH+]2CCOCC2)c1. The van der Waals surface area contributed by atoms with Gasteiger partial charge < -0.3 is 33.9 Å². The minimum atomic E-state index is -0.800. The lowest BCUT2D eigenvalue weighted by Crippen LogP contribution is -3.14. The quantitative estimate of drug-likeness (QED) is 0.313. The van der Waals surface area contributed by atoms with E-state index in [9.17, 15) is 14.7 Å². The number of carbonyl (C=O) groups is 2. The summed E-state index contributed by atoms with van der Waals surface area (Å²) in [6.45, 7) is 7.41. The summed E-state index contributed by atoms with van der Waals surface area (Å²) < 4.78 is 22.5. The molecule has 196 valence electrons. The highest BCUT2D eigenvalue weighted by molar-refractivity contribution is 6.46. The Morgan fingerprint density at radius 3 is 2.62 bits per heavy atom. The maximum atomic E-state index is 13.8. The number of fused-ring (bicyclic) bond motifs is 1. The second-order valence-corrected chi connectivity index (χ2v) is 9.36. The summed E-state index contributed by atoms with van der Waals surface area (Å²) in [6, 6.07) is 11.4. The van der Waals surface area contributed by atoms with Gasteiger partial charge in [0, 0.05) is 5.57 Å². The fraction of sp³-hybridized carbons (Fsp3) is 0.429. The maximum absolute atomic E-state index is 13.8. The zero-order valence-electron chi connectivity index (χ0n) is 21.0. The minimum absolute atomic E-state index is 0.0497. The monoisotopic (exact) mass is 508 g/mol. The first-order valence-corrected chi connectivity index (χ1v) is 12.9. The second kappa shape index (κ2) is 11.2. The highest BCUT2D eigenvalue weighted by atomic mass is 16.6. The third kappa shape index (κ3) is 5.28. The lowest BCUT2D eigenvalue weighted by molar-refractivity contribution is -0.907. The fourth-order valence-corrected chi connectivity index (χ4v) is 4.97. The van der Waals surface area contributed by atoms with Crippen molar-refractivity contribution >= 4 is 17.4 Å². The first-order chi connectivity index (χ1) is 18.1. The van der Waals surface area contributed by atoms with Gasteiger partial charge in [0.15, 0.2) is 11.5 Å². The molecule has 1 amide bonds. The highest BCUT2D eigenvalue weighted by Crippen LogP contribution is 2.40. The van der Waals surface area contributed by atoms with Gasteiger partial charge in [-0.1, -0.05) is 30.9 Å². The summed E-state index contributed by atoms with van der Waals surface area (Å²) in [5, 5.41) is 13.8. The van der Waals surface area contributed by atoms with E-state index < -0.39 is 23.5 Å². The van der Waals surface area contributed by atoms with E-state index in [1.54, 1.807) is 18.2 Å². The number of likely N-dealkylation sites (tertiary alicyclic amines) is 1. The molecule has 0 saturated carbocycles. The van der Waals surface area contributed by atoms with Crippen LogP contribution < -0.4 is 24.2 Å². The average molecular weight is 509 g/mol. The molecule has 0 aliphatic carbocycles. The number of ketones is 1. The number of hydrogen-bond donors (Lipinski definition) is 1. The third-order valence-electron chi connectivity index (χ3n) is 6.89. The molecular formula is C28H32N2O7. The van der Waals surface area contributed by atoms with Crippen molar-refractivity contribution < 1.29 is 38.5 Å². The smallest absolute Gasteiger partial charge is 0.295 e. The molecule has 5 rings (SSSR count). The van der Waals surface area contributed by atoms with Crippen LogP contribution in [0.1, 0.15) is 30.5 Å². The Hall–Kier alpha value is -3.56. The predicted molar refractivity (Wildman–Crippen MR) is 132 cm³/mol. The van der Waals surface area contributed by atoms with E-state index in [4.69, 9.17) is 18.9 Å². The Morgan fingerprint density at radius 1 is 1.05 bits per heavy atom. The zero-order chi connectivity index (χ0) is 25.8. The van der Waals surface area contributed by atoms with Gasteiger partial charge in [0.2, 0.25) is 5.78 Å². The van der Waals surface area contributed by atoms with Crippen LogP contribution in [0, 0.1) is 0 Å². The van der Waals surface area contributed by atoms with Crippen molar-refractivity contribution in [2.45, 2.75) is 19.4 Å².